The molecular weight excluding hydrogens is 316 g/mol. The molecule has 0 saturated heterocycles. The molecule has 1 N–H and O–H groups in total. The number of nitrogens with one attached hydrogen (secondary N) is 1. The van der Waals surface area contributed by atoms with Crippen LogP contribution in [0.25, 0.3) is 11.0 Å². The van der Waals surface area contributed by atoms with E-state index in [2.05, 4.69) is 21.5 Å². The molecular formula is C19H14N4O2. The van der Waals surface area contributed by atoms with Gasteiger partial charge in [-0.2, -0.15) is 10.1 Å². The molecule has 0 radical (unpaired) electrons. The van der Waals surface area contributed by atoms with Gasteiger partial charge in [-0.25, -0.2) is 9.48 Å². The van der Waals surface area contributed by atoms with Crippen molar-refractivity contribution >= 4 is 22.6 Å². The lowest BCUT2D eigenvalue weighted by molar-refractivity contribution is 0.515. The average molecular weight is 330 g/mol. The summed E-state index contributed by atoms with van der Waals surface area (Å²) in [4.78, 5) is 17.1. The minimum absolute atomic E-state index is 0.367. The van der Waals surface area contributed by atoms with Crippen molar-refractivity contribution in [3.63, 3.8) is 0 Å². The molecule has 5 rings (SSSR count). The lowest BCUT2D eigenvalue weighted by atomic mass is 9.95. The predicted octanol–water partition coefficient (Wildman–Crippen LogP) is 3.39. The highest BCUT2D eigenvalue weighted by molar-refractivity contribution is 5.94. The number of hydrogen-bond donors (Lipinski definition) is 1. The maximum absolute atomic E-state index is 12.8. The highest BCUT2D eigenvalue weighted by Gasteiger charge is 2.33. The zero-order valence-corrected chi connectivity index (χ0v) is 13.4. The summed E-state index contributed by atoms with van der Waals surface area (Å²) >= 11 is 0. The number of anilines is 2. The van der Waals surface area contributed by atoms with Gasteiger partial charge >= 0.3 is 5.63 Å². The summed E-state index contributed by atoms with van der Waals surface area (Å²) in [6.07, 6.45) is 1.49. The molecule has 2 aromatic carbocycles. The number of aromatic nitrogens is 3. The van der Waals surface area contributed by atoms with Crippen LogP contribution in [0.4, 0.5) is 11.6 Å². The van der Waals surface area contributed by atoms with Crippen LogP contribution in [0.5, 0.6) is 0 Å². The minimum atomic E-state index is -0.380. The Kier molecular flexibility index (Phi) is 2.82. The van der Waals surface area contributed by atoms with E-state index < -0.39 is 0 Å². The standard InChI is InChI=1S/C19H14N4O2/c1-11-5-4-6-12(9-11)17-15-16(22-19-20-10-21-23(17)19)13-7-2-3-8-14(13)25-18(15)24/h2-10,17H,1H3,(H,20,21,22). The van der Waals surface area contributed by atoms with E-state index in [1.54, 1.807) is 10.7 Å². The van der Waals surface area contributed by atoms with Crippen molar-refractivity contribution in [3.05, 3.63) is 82.0 Å². The summed E-state index contributed by atoms with van der Waals surface area (Å²) in [5.41, 5.74) is 3.55. The second-order valence-corrected chi connectivity index (χ2v) is 6.14. The fourth-order valence-corrected chi connectivity index (χ4v) is 3.46. The van der Waals surface area contributed by atoms with Gasteiger partial charge in [-0.15, -0.1) is 0 Å². The van der Waals surface area contributed by atoms with Crippen LogP contribution in [0.1, 0.15) is 22.7 Å². The van der Waals surface area contributed by atoms with Crippen LogP contribution in [-0.2, 0) is 0 Å². The monoisotopic (exact) mass is 330 g/mol. The summed E-state index contributed by atoms with van der Waals surface area (Å²) < 4.78 is 7.30. The van der Waals surface area contributed by atoms with Crippen molar-refractivity contribution < 1.29 is 4.42 Å². The highest BCUT2D eigenvalue weighted by Crippen LogP contribution is 2.40. The van der Waals surface area contributed by atoms with E-state index in [0.29, 0.717) is 17.1 Å². The van der Waals surface area contributed by atoms with Crippen molar-refractivity contribution in [2.24, 2.45) is 0 Å². The first-order valence-corrected chi connectivity index (χ1v) is 8.01. The molecule has 25 heavy (non-hydrogen) atoms. The van der Waals surface area contributed by atoms with E-state index in [0.717, 1.165) is 22.2 Å². The summed E-state index contributed by atoms with van der Waals surface area (Å²) in [5, 5.41) is 8.43. The first kappa shape index (κ1) is 14.0. The first-order chi connectivity index (χ1) is 12.2. The molecule has 0 spiro atoms. The molecule has 1 aliphatic rings. The van der Waals surface area contributed by atoms with Gasteiger partial charge in [0.05, 0.1) is 11.3 Å². The minimum Gasteiger partial charge on any atom is -0.422 e. The van der Waals surface area contributed by atoms with Crippen LogP contribution < -0.4 is 10.9 Å². The third kappa shape index (κ3) is 2.00. The number of aryl methyl sites for hydroxylation is 1. The molecule has 2 aromatic heterocycles. The van der Waals surface area contributed by atoms with Crippen LogP contribution in [0.3, 0.4) is 0 Å². The molecule has 0 amide bonds. The molecule has 4 aromatic rings. The van der Waals surface area contributed by atoms with Crippen molar-refractivity contribution in [2.45, 2.75) is 13.0 Å². The molecule has 1 aliphatic heterocycles. The first-order valence-electron chi connectivity index (χ1n) is 8.01. The molecule has 0 saturated carbocycles. The smallest absolute Gasteiger partial charge is 0.344 e. The summed E-state index contributed by atoms with van der Waals surface area (Å²) in [6.45, 7) is 2.02. The van der Waals surface area contributed by atoms with Gasteiger partial charge in [-0.3, -0.25) is 0 Å². The quantitative estimate of drug-likeness (QED) is 0.477. The van der Waals surface area contributed by atoms with Gasteiger partial charge in [0, 0.05) is 5.39 Å². The maximum Gasteiger partial charge on any atom is 0.344 e. The zero-order chi connectivity index (χ0) is 17.0. The van der Waals surface area contributed by atoms with Gasteiger partial charge in [-0.1, -0.05) is 42.0 Å². The molecule has 1 unspecified atom stereocenters. The van der Waals surface area contributed by atoms with E-state index in [1.165, 1.54) is 6.33 Å². The number of hydrogen-bond acceptors (Lipinski definition) is 5. The van der Waals surface area contributed by atoms with Crippen LogP contribution in [0.15, 0.2) is 64.1 Å². The summed E-state index contributed by atoms with van der Waals surface area (Å²) in [5.74, 6) is 0.606. The molecule has 122 valence electrons. The Morgan fingerprint density at radius 1 is 1.16 bits per heavy atom. The lowest BCUT2D eigenvalue weighted by Crippen LogP contribution is -2.28. The van der Waals surface area contributed by atoms with Gasteiger partial charge < -0.3 is 9.73 Å². The molecule has 1 atom stereocenters. The molecule has 6 nitrogen and oxygen atoms in total. The second kappa shape index (κ2) is 5.04. The van der Waals surface area contributed by atoms with Gasteiger partial charge in [0.2, 0.25) is 5.95 Å². The Balaban J connectivity index is 1.88. The Labute approximate surface area is 142 Å². The van der Waals surface area contributed by atoms with Crippen molar-refractivity contribution in [1.29, 1.82) is 0 Å². The van der Waals surface area contributed by atoms with Crippen LogP contribution >= 0.6 is 0 Å². The summed E-state index contributed by atoms with van der Waals surface area (Å²) in [7, 11) is 0. The van der Waals surface area contributed by atoms with Gasteiger partial charge in [0.25, 0.3) is 0 Å². The van der Waals surface area contributed by atoms with Crippen molar-refractivity contribution in [1.82, 2.24) is 14.8 Å². The third-order valence-electron chi connectivity index (χ3n) is 4.53. The Morgan fingerprint density at radius 2 is 2.04 bits per heavy atom. The van der Waals surface area contributed by atoms with E-state index in [1.807, 2.05) is 43.3 Å². The second-order valence-electron chi connectivity index (χ2n) is 6.14. The molecule has 0 bridgehead atoms. The fourth-order valence-electron chi connectivity index (χ4n) is 3.46. The maximum atomic E-state index is 12.8. The SMILES string of the molecule is Cc1cccc(C2c3c(c4ccccc4oc3=O)Nc3ncnn32)c1. The Hall–Kier alpha value is -3.41. The molecule has 0 aliphatic carbocycles. The number of para-hydroxylation sites is 1. The predicted molar refractivity (Wildman–Crippen MR) is 94.2 cm³/mol. The molecule has 0 fully saturated rings. The van der Waals surface area contributed by atoms with Crippen molar-refractivity contribution in [2.75, 3.05) is 5.32 Å². The largest absolute Gasteiger partial charge is 0.422 e. The Morgan fingerprint density at radius 3 is 2.92 bits per heavy atom. The normalized spacial score (nSPS) is 15.5. The topological polar surface area (TPSA) is 73.0 Å². The molecule has 3 heterocycles. The third-order valence-corrected chi connectivity index (χ3v) is 4.53. The number of nitrogens with zero attached hydrogens (tertiary/aromatic N) is 3. The van der Waals surface area contributed by atoms with E-state index >= 15 is 0 Å². The number of benzene rings is 2. The molecule has 6 heteroatoms. The highest BCUT2D eigenvalue weighted by atomic mass is 16.4. The zero-order valence-electron chi connectivity index (χ0n) is 13.4. The lowest BCUT2D eigenvalue weighted by Gasteiger charge is -2.27. The van der Waals surface area contributed by atoms with Gasteiger partial charge in [0.15, 0.2) is 0 Å². The van der Waals surface area contributed by atoms with Crippen molar-refractivity contribution in [3.8, 4) is 0 Å². The number of fused-ring (bicyclic) bond motifs is 4. The van der Waals surface area contributed by atoms with E-state index in [4.69, 9.17) is 4.42 Å². The van der Waals surface area contributed by atoms with E-state index in [9.17, 15) is 4.79 Å². The van der Waals surface area contributed by atoms with Gasteiger partial charge in [0.1, 0.15) is 18.0 Å². The van der Waals surface area contributed by atoms with Crippen LogP contribution in [0.2, 0.25) is 0 Å². The fraction of sp³-hybridized carbons (Fsp3) is 0.105. The van der Waals surface area contributed by atoms with Crippen LogP contribution in [0, 0.1) is 6.92 Å². The van der Waals surface area contributed by atoms with Crippen LogP contribution in [-0.4, -0.2) is 14.8 Å². The number of rotatable bonds is 1. The van der Waals surface area contributed by atoms with Gasteiger partial charge in [-0.05, 0) is 24.6 Å². The Bertz CT molecular complexity index is 1180. The summed E-state index contributed by atoms with van der Waals surface area (Å²) in [6, 6.07) is 15.2. The average Bonchev–Trinajstić information content (AvgIpc) is 3.08. The van der Waals surface area contributed by atoms with E-state index in [-0.39, 0.29) is 11.7 Å².